The van der Waals surface area contributed by atoms with E-state index in [-0.39, 0.29) is 0 Å². The van der Waals surface area contributed by atoms with E-state index in [1.807, 2.05) is 7.05 Å². The number of fused-ring (bicyclic) bond motifs is 1. The standard InChI is InChI=1S/C20H40O.C13H18N2/c1-2-3-4-5-6-7-8-9-10-11-12-13-14-15-16-17-18-19-20-21;1-3-10-4-5-13-12(8-10)11(9-15-13)6-7-14-2/h20H,2-19H2,1H3;4-5,8-9,14-15H,3,6-7H2,1-2H3. The monoisotopic (exact) mass is 498 g/mol. The Kier molecular flexibility index (Phi) is 21.4. The maximum Gasteiger partial charge on any atom is 0.119 e. The lowest BCUT2D eigenvalue weighted by atomic mass is 10.0. The van der Waals surface area contributed by atoms with Gasteiger partial charge in [-0.1, -0.05) is 123 Å². The molecule has 2 N–H and O–H groups in total. The highest BCUT2D eigenvalue weighted by Crippen LogP contribution is 2.20. The summed E-state index contributed by atoms with van der Waals surface area (Å²) in [4.78, 5) is 13.5. The SMILES string of the molecule is CCCCCCCCCCCCCCCCCCCC=O.CCc1ccc2[nH]cc(CCNC)c2c1. The minimum atomic E-state index is 0.763. The summed E-state index contributed by atoms with van der Waals surface area (Å²) in [5.41, 5.74) is 4.07. The normalized spacial score (nSPS) is 11.0. The Morgan fingerprint density at radius 3 is 1.75 bits per heavy atom. The summed E-state index contributed by atoms with van der Waals surface area (Å²) >= 11 is 0. The third-order valence-corrected chi connectivity index (χ3v) is 7.31. The molecule has 0 saturated heterocycles. The minimum absolute atomic E-state index is 0.763. The summed E-state index contributed by atoms with van der Waals surface area (Å²) in [6.07, 6.45) is 29.9. The van der Waals surface area contributed by atoms with Gasteiger partial charge in [0.15, 0.2) is 0 Å². The van der Waals surface area contributed by atoms with Crippen molar-refractivity contribution in [3.8, 4) is 0 Å². The van der Waals surface area contributed by atoms with Crippen molar-refractivity contribution >= 4 is 17.2 Å². The summed E-state index contributed by atoms with van der Waals surface area (Å²) in [6.45, 7) is 5.51. The molecule has 2 aromatic rings. The third kappa shape index (κ3) is 16.2. The smallest absolute Gasteiger partial charge is 0.119 e. The van der Waals surface area contributed by atoms with Crippen LogP contribution in [0.25, 0.3) is 10.9 Å². The van der Waals surface area contributed by atoms with Gasteiger partial charge in [-0.25, -0.2) is 0 Å². The van der Waals surface area contributed by atoms with E-state index >= 15 is 0 Å². The summed E-state index contributed by atoms with van der Waals surface area (Å²) < 4.78 is 0. The molecule has 36 heavy (non-hydrogen) atoms. The number of benzene rings is 1. The molecule has 1 heterocycles. The average Bonchev–Trinajstić information content (AvgIpc) is 3.31. The number of hydrogen-bond donors (Lipinski definition) is 2. The Labute approximate surface area is 223 Å². The van der Waals surface area contributed by atoms with Crippen molar-refractivity contribution in [3.05, 3.63) is 35.5 Å². The Morgan fingerprint density at radius 1 is 0.750 bits per heavy atom. The number of aromatic amines is 1. The van der Waals surface area contributed by atoms with Gasteiger partial charge in [0.2, 0.25) is 0 Å². The zero-order chi connectivity index (χ0) is 26.1. The first-order valence-corrected chi connectivity index (χ1v) is 15.4. The van der Waals surface area contributed by atoms with E-state index in [9.17, 15) is 4.79 Å². The van der Waals surface area contributed by atoms with Gasteiger partial charge in [-0.15, -0.1) is 0 Å². The Hall–Kier alpha value is -1.61. The summed E-state index contributed by atoms with van der Waals surface area (Å²) in [6, 6.07) is 6.68. The lowest BCUT2D eigenvalue weighted by Gasteiger charge is -2.03. The fraction of sp³-hybridized carbons (Fsp3) is 0.727. The molecule has 1 aromatic heterocycles. The molecule has 0 spiro atoms. The molecule has 3 nitrogen and oxygen atoms in total. The molecule has 0 fully saturated rings. The number of H-pyrrole nitrogens is 1. The maximum absolute atomic E-state index is 10.2. The van der Waals surface area contributed by atoms with Crippen molar-refractivity contribution < 1.29 is 4.79 Å². The van der Waals surface area contributed by atoms with E-state index < -0.39 is 0 Å². The number of likely N-dealkylation sites (N-methyl/N-ethyl adjacent to an activating group) is 1. The molecular formula is C33H58N2O. The van der Waals surface area contributed by atoms with E-state index in [1.54, 1.807) is 0 Å². The van der Waals surface area contributed by atoms with Gasteiger partial charge >= 0.3 is 0 Å². The van der Waals surface area contributed by atoms with Gasteiger partial charge in [0, 0.05) is 23.5 Å². The molecule has 0 unspecified atom stereocenters. The van der Waals surface area contributed by atoms with Crippen LogP contribution in [0.1, 0.15) is 141 Å². The van der Waals surface area contributed by atoms with Crippen molar-refractivity contribution in [2.45, 2.75) is 142 Å². The van der Waals surface area contributed by atoms with Gasteiger partial charge in [-0.2, -0.15) is 0 Å². The minimum Gasteiger partial charge on any atom is -0.361 e. The number of hydrogen-bond acceptors (Lipinski definition) is 2. The third-order valence-electron chi connectivity index (χ3n) is 7.31. The van der Waals surface area contributed by atoms with Crippen molar-refractivity contribution in [1.82, 2.24) is 10.3 Å². The van der Waals surface area contributed by atoms with Crippen LogP contribution in [-0.4, -0.2) is 24.9 Å². The number of nitrogens with one attached hydrogen (secondary N) is 2. The lowest BCUT2D eigenvalue weighted by molar-refractivity contribution is -0.107. The van der Waals surface area contributed by atoms with Gasteiger partial charge in [0.25, 0.3) is 0 Å². The maximum atomic E-state index is 10.2. The first-order chi connectivity index (χ1) is 17.8. The summed E-state index contributed by atoms with van der Waals surface area (Å²) in [5, 5.41) is 4.56. The number of carbonyl (C=O) groups is 1. The predicted octanol–water partition coefficient (Wildman–Crippen LogP) is 9.72. The first kappa shape index (κ1) is 32.4. The van der Waals surface area contributed by atoms with Crippen molar-refractivity contribution in [3.63, 3.8) is 0 Å². The van der Waals surface area contributed by atoms with Crippen LogP contribution in [0.2, 0.25) is 0 Å². The number of aromatic nitrogens is 1. The van der Waals surface area contributed by atoms with E-state index in [0.717, 1.165) is 38.5 Å². The summed E-state index contributed by atoms with van der Waals surface area (Å²) in [7, 11) is 1.99. The van der Waals surface area contributed by atoms with Crippen LogP contribution in [0.4, 0.5) is 0 Å². The van der Waals surface area contributed by atoms with E-state index in [1.165, 1.54) is 125 Å². The van der Waals surface area contributed by atoms with Gasteiger partial charge in [-0.05, 0) is 56.1 Å². The van der Waals surface area contributed by atoms with Crippen LogP contribution in [-0.2, 0) is 17.6 Å². The first-order valence-electron chi connectivity index (χ1n) is 15.4. The fourth-order valence-electron chi connectivity index (χ4n) is 4.86. The zero-order valence-corrected chi connectivity index (χ0v) is 24.1. The van der Waals surface area contributed by atoms with E-state index in [4.69, 9.17) is 0 Å². The van der Waals surface area contributed by atoms with Gasteiger partial charge in [0.05, 0.1) is 0 Å². The second-order valence-electron chi connectivity index (χ2n) is 10.5. The van der Waals surface area contributed by atoms with Crippen molar-refractivity contribution in [2.75, 3.05) is 13.6 Å². The summed E-state index contributed by atoms with van der Waals surface area (Å²) in [5.74, 6) is 0. The van der Waals surface area contributed by atoms with Crippen molar-refractivity contribution in [1.29, 1.82) is 0 Å². The predicted molar refractivity (Wildman–Crippen MR) is 160 cm³/mol. The average molecular weight is 499 g/mol. The van der Waals surface area contributed by atoms with E-state index in [2.05, 4.69) is 48.5 Å². The molecule has 2 rings (SSSR count). The van der Waals surface area contributed by atoms with Gasteiger partial charge < -0.3 is 15.1 Å². The van der Waals surface area contributed by atoms with Crippen LogP contribution in [0, 0.1) is 0 Å². The zero-order valence-electron chi connectivity index (χ0n) is 24.1. The number of aldehydes is 1. The molecule has 0 aliphatic rings. The second kappa shape index (κ2) is 23.8. The molecule has 0 bridgehead atoms. The van der Waals surface area contributed by atoms with Crippen LogP contribution in [0.15, 0.2) is 24.4 Å². The van der Waals surface area contributed by atoms with Gasteiger partial charge in [0.1, 0.15) is 6.29 Å². The molecule has 0 amide bonds. The van der Waals surface area contributed by atoms with Crippen LogP contribution < -0.4 is 5.32 Å². The molecule has 0 aliphatic heterocycles. The highest BCUT2D eigenvalue weighted by atomic mass is 16.1. The Morgan fingerprint density at radius 2 is 1.28 bits per heavy atom. The molecule has 1 aromatic carbocycles. The van der Waals surface area contributed by atoms with Crippen LogP contribution in [0.3, 0.4) is 0 Å². The molecule has 0 aliphatic carbocycles. The lowest BCUT2D eigenvalue weighted by Crippen LogP contribution is -2.09. The van der Waals surface area contributed by atoms with Gasteiger partial charge in [-0.3, -0.25) is 0 Å². The molecule has 0 saturated carbocycles. The molecule has 0 atom stereocenters. The Balaban J connectivity index is 0.000000377. The quantitative estimate of drug-likeness (QED) is 0.125. The number of unbranched alkanes of at least 4 members (excludes halogenated alkanes) is 17. The highest BCUT2D eigenvalue weighted by Gasteiger charge is 2.03. The highest BCUT2D eigenvalue weighted by molar-refractivity contribution is 5.83. The second-order valence-corrected chi connectivity index (χ2v) is 10.5. The molecule has 206 valence electrons. The number of carbonyl (C=O) groups excluding carboxylic acids is 1. The van der Waals surface area contributed by atoms with E-state index in [0.29, 0.717) is 0 Å². The largest absolute Gasteiger partial charge is 0.361 e. The number of aryl methyl sites for hydroxylation is 1. The van der Waals surface area contributed by atoms with Crippen LogP contribution in [0.5, 0.6) is 0 Å². The van der Waals surface area contributed by atoms with Crippen LogP contribution >= 0.6 is 0 Å². The van der Waals surface area contributed by atoms with Crippen molar-refractivity contribution in [2.24, 2.45) is 0 Å². The molecular weight excluding hydrogens is 440 g/mol. The Bertz CT molecular complexity index is 751. The molecule has 0 radical (unpaired) electrons. The molecule has 3 heteroatoms. The fourth-order valence-corrected chi connectivity index (χ4v) is 4.86. The number of rotatable bonds is 22. The topological polar surface area (TPSA) is 44.9 Å².